The Morgan fingerprint density at radius 2 is 1.89 bits per heavy atom. The van der Waals surface area contributed by atoms with Gasteiger partial charge < -0.3 is 5.73 Å². The fourth-order valence-electron chi connectivity index (χ4n) is 1.07. The Morgan fingerprint density at radius 1 is 1.33 bits per heavy atom. The molecule has 2 unspecified atom stereocenters. The number of nitrogens with two attached hydrogens (primary N) is 1. The second kappa shape index (κ2) is 4.80. The van der Waals surface area contributed by atoms with Crippen molar-refractivity contribution in [1.29, 1.82) is 0 Å². The molecule has 56 valence electrons. The van der Waals surface area contributed by atoms with Gasteiger partial charge in [-0.05, 0) is 18.8 Å². The third kappa shape index (κ3) is 3.52. The lowest BCUT2D eigenvalue weighted by atomic mass is 9.96. The molecule has 0 rings (SSSR count). The van der Waals surface area contributed by atoms with Crippen molar-refractivity contribution in [3.63, 3.8) is 0 Å². The lowest BCUT2D eigenvalue weighted by molar-refractivity contribution is 0.413. The van der Waals surface area contributed by atoms with Crippen LogP contribution in [-0.2, 0) is 0 Å². The average Bonchev–Trinajstić information content (AvgIpc) is 1.87. The van der Waals surface area contributed by atoms with Crippen molar-refractivity contribution in [2.75, 3.05) is 0 Å². The smallest absolute Gasteiger partial charge is 0.00618 e. The summed E-state index contributed by atoms with van der Waals surface area (Å²) in [5, 5.41) is 0. The van der Waals surface area contributed by atoms with E-state index in [1.54, 1.807) is 0 Å². The van der Waals surface area contributed by atoms with Crippen LogP contribution in [-0.4, -0.2) is 6.04 Å². The maximum atomic E-state index is 5.80. The third-order valence-electron chi connectivity index (χ3n) is 1.95. The SMILES string of the molecule is CCCC(C)C(N)CC. The second-order valence-corrected chi connectivity index (χ2v) is 2.84. The maximum absolute atomic E-state index is 5.80. The van der Waals surface area contributed by atoms with E-state index in [4.69, 9.17) is 5.73 Å². The molecular weight excluding hydrogens is 110 g/mol. The first-order chi connectivity index (χ1) is 4.22. The zero-order chi connectivity index (χ0) is 7.28. The quantitative estimate of drug-likeness (QED) is 0.618. The van der Waals surface area contributed by atoms with Gasteiger partial charge in [0.05, 0.1) is 0 Å². The number of hydrogen-bond acceptors (Lipinski definition) is 1. The first-order valence-corrected chi connectivity index (χ1v) is 3.97. The van der Waals surface area contributed by atoms with Crippen molar-refractivity contribution in [1.82, 2.24) is 0 Å². The molecule has 9 heavy (non-hydrogen) atoms. The minimum atomic E-state index is 0.421. The summed E-state index contributed by atoms with van der Waals surface area (Å²) in [5.41, 5.74) is 5.80. The Hall–Kier alpha value is -0.0400. The van der Waals surface area contributed by atoms with Crippen molar-refractivity contribution < 1.29 is 0 Å². The standard InChI is InChI=1S/C8H19N/c1-4-6-7(3)8(9)5-2/h7-8H,4-6,9H2,1-3H3. The van der Waals surface area contributed by atoms with Crippen LogP contribution in [0, 0.1) is 5.92 Å². The van der Waals surface area contributed by atoms with Gasteiger partial charge >= 0.3 is 0 Å². The third-order valence-corrected chi connectivity index (χ3v) is 1.95. The van der Waals surface area contributed by atoms with Crippen LogP contribution in [0.15, 0.2) is 0 Å². The molecule has 0 amide bonds. The molecule has 0 saturated heterocycles. The van der Waals surface area contributed by atoms with E-state index in [0.29, 0.717) is 12.0 Å². The normalized spacial score (nSPS) is 17.3. The predicted molar refractivity (Wildman–Crippen MR) is 42.3 cm³/mol. The van der Waals surface area contributed by atoms with Gasteiger partial charge in [0.25, 0.3) is 0 Å². The fraction of sp³-hybridized carbons (Fsp3) is 1.00. The first kappa shape index (κ1) is 8.96. The highest BCUT2D eigenvalue weighted by atomic mass is 14.6. The molecule has 1 nitrogen and oxygen atoms in total. The van der Waals surface area contributed by atoms with Crippen LogP contribution in [0.4, 0.5) is 0 Å². The van der Waals surface area contributed by atoms with E-state index in [9.17, 15) is 0 Å². The Labute approximate surface area is 58.6 Å². The van der Waals surface area contributed by atoms with Gasteiger partial charge in [-0.3, -0.25) is 0 Å². The summed E-state index contributed by atoms with van der Waals surface area (Å²) in [6.07, 6.45) is 3.64. The summed E-state index contributed by atoms with van der Waals surface area (Å²) >= 11 is 0. The average molecular weight is 129 g/mol. The summed E-state index contributed by atoms with van der Waals surface area (Å²) in [7, 11) is 0. The van der Waals surface area contributed by atoms with Crippen molar-refractivity contribution in [2.24, 2.45) is 11.7 Å². The van der Waals surface area contributed by atoms with E-state index in [2.05, 4.69) is 20.8 Å². The summed E-state index contributed by atoms with van der Waals surface area (Å²) < 4.78 is 0. The molecular formula is C8H19N. The number of hydrogen-bond donors (Lipinski definition) is 1. The van der Waals surface area contributed by atoms with Gasteiger partial charge in [-0.25, -0.2) is 0 Å². The van der Waals surface area contributed by atoms with E-state index >= 15 is 0 Å². The highest BCUT2D eigenvalue weighted by Gasteiger charge is 2.07. The minimum Gasteiger partial charge on any atom is -0.327 e. The molecule has 0 aliphatic rings. The minimum absolute atomic E-state index is 0.421. The molecule has 0 heterocycles. The van der Waals surface area contributed by atoms with Crippen LogP contribution < -0.4 is 5.73 Å². The summed E-state index contributed by atoms with van der Waals surface area (Å²) in [4.78, 5) is 0. The summed E-state index contributed by atoms with van der Waals surface area (Å²) in [6.45, 7) is 6.59. The Morgan fingerprint density at radius 3 is 2.22 bits per heavy atom. The van der Waals surface area contributed by atoms with Gasteiger partial charge in [-0.2, -0.15) is 0 Å². The van der Waals surface area contributed by atoms with Gasteiger partial charge in [-0.15, -0.1) is 0 Å². The van der Waals surface area contributed by atoms with E-state index in [-0.39, 0.29) is 0 Å². The summed E-state index contributed by atoms with van der Waals surface area (Å²) in [5.74, 6) is 0.708. The highest BCUT2D eigenvalue weighted by molar-refractivity contribution is 4.65. The number of rotatable bonds is 4. The highest BCUT2D eigenvalue weighted by Crippen LogP contribution is 2.10. The molecule has 2 N–H and O–H groups in total. The van der Waals surface area contributed by atoms with Crippen molar-refractivity contribution in [3.05, 3.63) is 0 Å². The van der Waals surface area contributed by atoms with Crippen LogP contribution in [0.25, 0.3) is 0 Å². The van der Waals surface area contributed by atoms with Gasteiger partial charge in [0.15, 0.2) is 0 Å². The van der Waals surface area contributed by atoms with Crippen molar-refractivity contribution in [2.45, 2.75) is 46.1 Å². The zero-order valence-electron chi connectivity index (χ0n) is 6.85. The van der Waals surface area contributed by atoms with Gasteiger partial charge in [-0.1, -0.05) is 27.2 Å². The Balaban J connectivity index is 3.32. The molecule has 0 aliphatic carbocycles. The predicted octanol–water partition coefficient (Wildman–Crippen LogP) is 2.16. The molecule has 0 aromatic heterocycles. The lowest BCUT2D eigenvalue weighted by Gasteiger charge is -2.16. The van der Waals surface area contributed by atoms with E-state index in [0.717, 1.165) is 6.42 Å². The van der Waals surface area contributed by atoms with Crippen LogP contribution in [0.2, 0.25) is 0 Å². The molecule has 0 fully saturated rings. The molecule has 0 bridgehead atoms. The van der Waals surface area contributed by atoms with Gasteiger partial charge in [0.1, 0.15) is 0 Å². The Bertz CT molecular complexity index is 61.6. The first-order valence-electron chi connectivity index (χ1n) is 3.97. The molecule has 0 aromatic carbocycles. The molecule has 0 radical (unpaired) electrons. The largest absolute Gasteiger partial charge is 0.327 e. The van der Waals surface area contributed by atoms with E-state index in [1.165, 1.54) is 12.8 Å². The van der Waals surface area contributed by atoms with E-state index < -0.39 is 0 Å². The topological polar surface area (TPSA) is 26.0 Å². The van der Waals surface area contributed by atoms with Gasteiger partial charge in [0, 0.05) is 6.04 Å². The molecule has 0 spiro atoms. The second-order valence-electron chi connectivity index (χ2n) is 2.84. The zero-order valence-corrected chi connectivity index (χ0v) is 6.85. The molecule has 0 aliphatic heterocycles. The van der Waals surface area contributed by atoms with E-state index in [1.807, 2.05) is 0 Å². The van der Waals surface area contributed by atoms with Crippen LogP contribution in [0.3, 0.4) is 0 Å². The molecule has 0 aromatic rings. The monoisotopic (exact) mass is 129 g/mol. The lowest BCUT2D eigenvalue weighted by Crippen LogP contribution is -2.26. The fourth-order valence-corrected chi connectivity index (χ4v) is 1.07. The molecule has 1 heteroatoms. The van der Waals surface area contributed by atoms with Crippen LogP contribution in [0.5, 0.6) is 0 Å². The molecule has 2 atom stereocenters. The van der Waals surface area contributed by atoms with Crippen LogP contribution >= 0.6 is 0 Å². The van der Waals surface area contributed by atoms with Crippen molar-refractivity contribution in [3.8, 4) is 0 Å². The maximum Gasteiger partial charge on any atom is 0.00618 e. The summed E-state index contributed by atoms with van der Waals surface area (Å²) in [6, 6.07) is 0.421. The molecule has 0 saturated carbocycles. The Kier molecular flexibility index (Phi) is 4.78. The van der Waals surface area contributed by atoms with Gasteiger partial charge in [0.2, 0.25) is 0 Å². The van der Waals surface area contributed by atoms with Crippen molar-refractivity contribution >= 4 is 0 Å². The van der Waals surface area contributed by atoms with Crippen LogP contribution in [0.1, 0.15) is 40.0 Å².